The Hall–Kier alpha value is -0.900. The highest BCUT2D eigenvalue weighted by atomic mass is 16.5. The maximum atomic E-state index is 5.76. The molecule has 0 heterocycles. The summed E-state index contributed by atoms with van der Waals surface area (Å²) in [5.74, 6) is 0. The number of aryl methyl sites for hydroxylation is 1. The Bertz CT molecular complexity index is 351. The van der Waals surface area contributed by atoms with Crippen LogP contribution in [0.4, 0.5) is 0 Å². The molecule has 1 aromatic carbocycles. The molecule has 0 spiro atoms. The molecular formula is C18H31NO2. The highest BCUT2D eigenvalue weighted by molar-refractivity contribution is 5.25. The van der Waals surface area contributed by atoms with Gasteiger partial charge in [-0.15, -0.1) is 0 Å². The van der Waals surface area contributed by atoms with Gasteiger partial charge < -0.3 is 14.8 Å². The van der Waals surface area contributed by atoms with Gasteiger partial charge >= 0.3 is 0 Å². The molecule has 0 aliphatic carbocycles. The SMILES string of the molecule is CCCNC(COCCOCCC)c1ccc(CC)cc1. The third-order valence-electron chi connectivity index (χ3n) is 3.44. The van der Waals surface area contributed by atoms with Gasteiger partial charge in [0.25, 0.3) is 0 Å². The van der Waals surface area contributed by atoms with Crippen molar-refractivity contribution >= 4 is 0 Å². The van der Waals surface area contributed by atoms with Gasteiger partial charge in [0.2, 0.25) is 0 Å². The lowest BCUT2D eigenvalue weighted by molar-refractivity contribution is 0.0391. The van der Waals surface area contributed by atoms with E-state index in [0.717, 1.165) is 32.4 Å². The van der Waals surface area contributed by atoms with E-state index in [1.54, 1.807) is 0 Å². The molecule has 0 aliphatic rings. The van der Waals surface area contributed by atoms with Crippen molar-refractivity contribution in [3.8, 4) is 0 Å². The zero-order valence-corrected chi connectivity index (χ0v) is 13.9. The first-order valence-corrected chi connectivity index (χ1v) is 8.29. The van der Waals surface area contributed by atoms with E-state index in [2.05, 4.69) is 50.4 Å². The fraction of sp³-hybridized carbons (Fsp3) is 0.667. The Balaban J connectivity index is 2.42. The molecule has 1 N–H and O–H groups in total. The molecule has 0 bridgehead atoms. The zero-order valence-electron chi connectivity index (χ0n) is 13.9. The van der Waals surface area contributed by atoms with Crippen LogP contribution in [0.2, 0.25) is 0 Å². The molecular weight excluding hydrogens is 262 g/mol. The minimum absolute atomic E-state index is 0.266. The van der Waals surface area contributed by atoms with Gasteiger partial charge in [-0.1, -0.05) is 45.0 Å². The van der Waals surface area contributed by atoms with Crippen LogP contribution in [0.1, 0.15) is 50.8 Å². The minimum Gasteiger partial charge on any atom is -0.379 e. The van der Waals surface area contributed by atoms with Gasteiger partial charge in [0.1, 0.15) is 0 Å². The predicted octanol–water partition coefficient (Wildman–Crippen LogP) is 3.73. The van der Waals surface area contributed by atoms with E-state index in [1.165, 1.54) is 11.1 Å². The van der Waals surface area contributed by atoms with Crippen molar-refractivity contribution in [2.75, 3.05) is 33.0 Å². The number of rotatable bonds is 12. The van der Waals surface area contributed by atoms with Crippen LogP contribution >= 0.6 is 0 Å². The van der Waals surface area contributed by atoms with Crippen molar-refractivity contribution in [3.05, 3.63) is 35.4 Å². The molecule has 1 unspecified atom stereocenters. The van der Waals surface area contributed by atoms with E-state index in [-0.39, 0.29) is 6.04 Å². The van der Waals surface area contributed by atoms with Gasteiger partial charge in [0, 0.05) is 6.61 Å². The van der Waals surface area contributed by atoms with Crippen LogP contribution in [0, 0.1) is 0 Å². The van der Waals surface area contributed by atoms with Crippen LogP contribution in [-0.4, -0.2) is 33.0 Å². The lowest BCUT2D eigenvalue weighted by Gasteiger charge is -2.19. The van der Waals surface area contributed by atoms with Crippen LogP contribution in [0.25, 0.3) is 0 Å². The number of benzene rings is 1. The summed E-state index contributed by atoms with van der Waals surface area (Å²) in [5, 5.41) is 3.56. The molecule has 0 fully saturated rings. The summed E-state index contributed by atoms with van der Waals surface area (Å²) in [5.41, 5.74) is 2.68. The van der Waals surface area contributed by atoms with Gasteiger partial charge in [-0.2, -0.15) is 0 Å². The van der Waals surface area contributed by atoms with Gasteiger partial charge in [-0.3, -0.25) is 0 Å². The average molecular weight is 293 g/mol. The lowest BCUT2D eigenvalue weighted by Crippen LogP contribution is -2.27. The van der Waals surface area contributed by atoms with Crippen LogP contribution < -0.4 is 5.32 Å². The second kappa shape index (κ2) is 11.7. The fourth-order valence-corrected chi connectivity index (χ4v) is 2.14. The molecule has 0 radical (unpaired) electrons. The fourth-order valence-electron chi connectivity index (χ4n) is 2.14. The summed E-state index contributed by atoms with van der Waals surface area (Å²) in [6.07, 6.45) is 3.27. The Kier molecular flexibility index (Phi) is 10.1. The second-order valence-electron chi connectivity index (χ2n) is 5.29. The Morgan fingerprint density at radius 2 is 1.62 bits per heavy atom. The zero-order chi connectivity index (χ0) is 15.3. The molecule has 3 nitrogen and oxygen atoms in total. The van der Waals surface area contributed by atoms with Crippen LogP contribution in [0.5, 0.6) is 0 Å². The molecule has 0 aliphatic heterocycles. The van der Waals surface area contributed by atoms with Crippen molar-refractivity contribution in [3.63, 3.8) is 0 Å². The molecule has 0 aromatic heterocycles. The molecule has 21 heavy (non-hydrogen) atoms. The van der Waals surface area contributed by atoms with Crippen LogP contribution in [0.3, 0.4) is 0 Å². The molecule has 1 aromatic rings. The van der Waals surface area contributed by atoms with Crippen molar-refractivity contribution < 1.29 is 9.47 Å². The first-order chi connectivity index (χ1) is 10.3. The third kappa shape index (κ3) is 7.60. The monoisotopic (exact) mass is 293 g/mol. The maximum Gasteiger partial charge on any atom is 0.0701 e. The summed E-state index contributed by atoms with van der Waals surface area (Å²) >= 11 is 0. The van der Waals surface area contributed by atoms with E-state index >= 15 is 0 Å². The number of hydrogen-bond acceptors (Lipinski definition) is 3. The molecule has 3 heteroatoms. The molecule has 1 atom stereocenters. The Morgan fingerprint density at radius 1 is 0.905 bits per heavy atom. The quantitative estimate of drug-likeness (QED) is 0.596. The maximum absolute atomic E-state index is 5.76. The van der Waals surface area contributed by atoms with Crippen LogP contribution in [0.15, 0.2) is 24.3 Å². The van der Waals surface area contributed by atoms with Crippen molar-refractivity contribution in [2.45, 2.75) is 46.1 Å². The van der Waals surface area contributed by atoms with Gasteiger partial charge in [-0.25, -0.2) is 0 Å². The first-order valence-electron chi connectivity index (χ1n) is 8.29. The summed E-state index contributed by atoms with van der Waals surface area (Å²) in [4.78, 5) is 0. The van der Waals surface area contributed by atoms with Gasteiger partial charge in [0.15, 0.2) is 0 Å². The molecule has 0 saturated carbocycles. The first kappa shape index (κ1) is 18.1. The highest BCUT2D eigenvalue weighted by Gasteiger charge is 2.10. The second-order valence-corrected chi connectivity index (χ2v) is 5.29. The smallest absolute Gasteiger partial charge is 0.0701 e. The van der Waals surface area contributed by atoms with Crippen molar-refractivity contribution in [1.29, 1.82) is 0 Å². The largest absolute Gasteiger partial charge is 0.379 e. The third-order valence-corrected chi connectivity index (χ3v) is 3.44. The van der Waals surface area contributed by atoms with E-state index in [1.807, 2.05) is 0 Å². The summed E-state index contributed by atoms with van der Waals surface area (Å²) < 4.78 is 11.2. The van der Waals surface area contributed by atoms with E-state index in [4.69, 9.17) is 9.47 Å². The number of hydrogen-bond donors (Lipinski definition) is 1. The standard InChI is InChI=1S/C18H31NO2/c1-4-11-19-18(15-21-14-13-20-12-5-2)17-9-7-16(6-3)8-10-17/h7-10,18-19H,4-6,11-15H2,1-3H3. The lowest BCUT2D eigenvalue weighted by atomic mass is 10.0. The Morgan fingerprint density at radius 3 is 2.24 bits per heavy atom. The molecule has 1 rings (SSSR count). The normalized spacial score (nSPS) is 12.5. The molecule has 0 amide bonds. The molecule has 0 saturated heterocycles. The molecule has 120 valence electrons. The van der Waals surface area contributed by atoms with E-state index < -0.39 is 0 Å². The minimum atomic E-state index is 0.266. The number of ether oxygens (including phenoxy) is 2. The number of nitrogens with one attached hydrogen (secondary N) is 1. The van der Waals surface area contributed by atoms with Crippen LogP contribution in [-0.2, 0) is 15.9 Å². The highest BCUT2D eigenvalue weighted by Crippen LogP contribution is 2.15. The van der Waals surface area contributed by atoms with Gasteiger partial charge in [0.05, 0.1) is 25.9 Å². The summed E-state index contributed by atoms with van der Waals surface area (Å²) in [6.45, 7) is 10.4. The predicted molar refractivity (Wildman–Crippen MR) is 88.8 cm³/mol. The van der Waals surface area contributed by atoms with E-state index in [0.29, 0.717) is 19.8 Å². The van der Waals surface area contributed by atoms with E-state index in [9.17, 15) is 0 Å². The summed E-state index contributed by atoms with van der Waals surface area (Å²) in [7, 11) is 0. The van der Waals surface area contributed by atoms with Gasteiger partial charge in [-0.05, 0) is 36.9 Å². The van der Waals surface area contributed by atoms with Crippen molar-refractivity contribution in [2.24, 2.45) is 0 Å². The average Bonchev–Trinajstić information content (AvgIpc) is 2.53. The van der Waals surface area contributed by atoms with Crippen molar-refractivity contribution in [1.82, 2.24) is 5.32 Å². The Labute approximate surface area is 130 Å². The summed E-state index contributed by atoms with van der Waals surface area (Å²) in [6, 6.07) is 9.11. The topological polar surface area (TPSA) is 30.5 Å².